The van der Waals surface area contributed by atoms with Crippen molar-refractivity contribution in [2.24, 2.45) is 0 Å². The highest BCUT2D eigenvalue weighted by atomic mass is 32.2. The van der Waals surface area contributed by atoms with Gasteiger partial charge in [0.05, 0.1) is 17.5 Å². The molecule has 0 saturated carbocycles. The predicted molar refractivity (Wildman–Crippen MR) is 110 cm³/mol. The number of carbonyl (C=O) groups excluding carboxylic acids is 2. The molecule has 2 N–H and O–H groups in total. The number of nitrogens with zero attached hydrogens (tertiary/aromatic N) is 1. The van der Waals surface area contributed by atoms with E-state index in [4.69, 9.17) is 4.42 Å². The van der Waals surface area contributed by atoms with Crippen LogP contribution in [0.4, 0.5) is 0 Å². The van der Waals surface area contributed by atoms with E-state index in [1.807, 2.05) is 30.3 Å². The minimum Gasteiger partial charge on any atom is -0.459 e. The molecule has 8 nitrogen and oxygen atoms in total. The fourth-order valence-electron chi connectivity index (χ4n) is 3.33. The fourth-order valence-corrected chi connectivity index (χ4v) is 4.78. The summed E-state index contributed by atoms with van der Waals surface area (Å²) in [6, 6.07) is 14.8. The number of piperazine rings is 1. The third kappa shape index (κ3) is 3.94. The second-order valence-corrected chi connectivity index (χ2v) is 9.04. The summed E-state index contributed by atoms with van der Waals surface area (Å²) in [5.41, 5.74) is 0.938. The number of benzene rings is 2. The molecule has 9 heteroatoms. The largest absolute Gasteiger partial charge is 0.459 e. The van der Waals surface area contributed by atoms with Crippen LogP contribution in [0.25, 0.3) is 11.0 Å². The van der Waals surface area contributed by atoms with Crippen LogP contribution in [-0.4, -0.2) is 44.2 Å². The van der Waals surface area contributed by atoms with Gasteiger partial charge in [-0.05, 0) is 37.3 Å². The fraction of sp³-hybridized carbons (Fsp3) is 0.238. The Morgan fingerprint density at radius 1 is 1.17 bits per heavy atom. The maximum absolute atomic E-state index is 12.8. The molecule has 30 heavy (non-hydrogen) atoms. The number of sulfonamides is 1. The third-order valence-electron chi connectivity index (χ3n) is 4.96. The summed E-state index contributed by atoms with van der Waals surface area (Å²) in [7, 11) is -3.87. The van der Waals surface area contributed by atoms with E-state index in [1.54, 1.807) is 13.0 Å². The van der Waals surface area contributed by atoms with Gasteiger partial charge in [0.15, 0.2) is 0 Å². The highest BCUT2D eigenvalue weighted by molar-refractivity contribution is 7.89. The zero-order valence-electron chi connectivity index (χ0n) is 16.3. The molecule has 2 aromatic carbocycles. The lowest BCUT2D eigenvalue weighted by atomic mass is 10.1. The molecule has 2 amide bonds. The lowest BCUT2D eigenvalue weighted by molar-refractivity contribution is -0.122. The van der Waals surface area contributed by atoms with Gasteiger partial charge in [-0.15, -0.1) is 0 Å². The molecule has 156 valence electrons. The summed E-state index contributed by atoms with van der Waals surface area (Å²) in [5, 5.41) is 6.36. The summed E-state index contributed by atoms with van der Waals surface area (Å²) in [4.78, 5) is 24.3. The van der Waals surface area contributed by atoms with E-state index < -0.39 is 22.0 Å². The van der Waals surface area contributed by atoms with Gasteiger partial charge in [-0.25, -0.2) is 8.42 Å². The molecule has 1 aromatic heterocycles. The van der Waals surface area contributed by atoms with Crippen LogP contribution in [0.3, 0.4) is 0 Å². The number of hydrogen-bond acceptors (Lipinski definition) is 5. The van der Waals surface area contributed by atoms with E-state index in [9.17, 15) is 18.0 Å². The van der Waals surface area contributed by atoms with Gasteiger partial charge in [0.25, 0.3) is 5.91 Å². The quantitative estimate of drug-likeness (QED) is 0.648. The van der Waals surface area contributed by atoms with Crippen LogP contribution in [0.5, 0.6) is 0 Å². The molecule has 0 aliphatic carbocycles. The topological polar surface area (TPSA) is 109 Å². The number of nitrogens with one attached hydrogen (secondary N) is 2. The summed E-state index contributed by atoms with van der Waals surface area (Å²) in [6.07, 6.45) is 0. The van der Waals surface area contributed by atoms with Gasteiger partial charge in [0.2, 0.25) is 15.9 Å². The van der Waals surface area contributed by atoms with Gasteiger partial charge < -0.3 is 15.1 Å². The number of hydrogen-bond donors (Lipinski definition) is 2. The van der Waals surface area contributed by atoms with E-state index in [0.717, 1.165) is 15.3 Å². The van der Waals surface area contributed by atoms with Crippen LogP contribution in [0.2, 0.25) is 0 Å². The number of carbonyl (C=O) groups is 2. The van der Waals surface area contributed by atoms with Crippen molar-refractivity contribution < 1.29 is 22.4 Å². The van der Waals surface area contributed by atoms with Crippen molar-refractivity contribution in [3.8, 4) is 0 Å². The predicted octanol–water partition coefficient (Wildman–Crippen LogP) is 2.04. The molecule has 0 spiro atoms. The Balaban J connectivity index is 1.52. The van der Waals surface area contributed by atoms with Crippen LogP contribution in [0.1, 0.15) is 29.1 Å². The van der Waals surface area contributed by atoms with E-state index in [-0.39, 0.29) is 36.0 Å². The SMILES string of the molecule is CC(NC(=O)c1cccc(S(=O)(=O)N2CCNC(=O)C2)c1)c1cc2ccccc2o1. The number of amides is 2. The van der Waals surface area contributed by atoms with Gasteiger partial charge in [-0.3, -0.25) is 9.59 Å². The molecule has 0 radical (unpaired) electrons. The van der Waals surface area contributed by atoms with Crippen LogP contribution >= 0.6 is 0 Å². The standard InChI is InChI=1S/C21H21N3O5S/c1-14(19-12-15-5-2-3-8-18(15)29-19)23-21(26)16-6-4-7-17(11-16)30(27,28)24-10-9-22-20(25)13-24/h2-8,11-12,14H,9-10,13H2,1H3,(H,22,25)(H,23,26). The summed E-state index contributed by atoms with van der Waals surface area (Å²) in [6.45, 7) is 2.01. The minimum atomic E-state index is -3.87. The number of furan rings is 1. The molecular formula is C21H21N3O5S. The third-order valence-corrected chi connectivity index (χ3v) is 6.80. The monoisotopic (exact) mass is 427 g/mol. The molecule has 1 saturated heterocycles. The van der Waals surface area contributed by atoms with Gasteiger partial charge in [-0.2, -0.15) is 4.31 Å². The molecule has 1 atom stereocenters. The van der Waals surface area contributed by atoms with E-state index >= 15 is 0 Å². The average Bonchev–Trinajstić information content (AvgIpc) is 3.18. The van der Waals surface area contributed by atoms with Gasteiger partial charge >= 0.3 is 0 Å². The summed E-state index contributed by atoms with van der Waals surface area (Å²) >= 11 is 0. The van der Waals surface area contributed by atoms with Gasteiger partial charge in [0.1, 0.15) is 11.3 Å². The van der Waals surface area contributed by atoms with Crippen molar-refractivity contribution in [2.45, 2.75) is 17.9 Å². The first-order chi connectivity index (χ1) is 14.3. The minimum absolute atomic E-state index is 0.0266. The highest BCUT2D eigenvalue weighted by Crippen LogP contribution is 2.24. The number of fused-ring (bicyclic) bond motifs is 1. The highest BCUT2D eigenvalue weighted by Gasteiger charge is 2.29. The molecule has 1 fully saturated rings. The Kier molecular flexibility index (Phi) is 5.31. The van der Waals surface area contributed by atoms with Gasteiger partial charge in [-0.1, -0.05) is 24.3 Å². The Morgan fingerprint density at radius 2 is 1.97 bits per heavy atom. The van der Waals surface area contributed by atoms with Crippen molar-refractivity contribution in [3.05, 3.63) is 65.9 Å². The Bertz CT molecular complexity index is 1190. The molecule has 1 unspecified atom stereocenters. The Morgan fingerprint density at radius 3 is 2.73 bits per heavy atom. The van der Waals surface area contributed by atoms with Crippen molar-refractivity contribution in [2.75, 3.05) is 19.6 Å². The van der Waals surface area contributed by atoms with Crippen molar-refractivity contribution in [3.63, 3.8) is 0 Å². The molecule has 4 rings (SSSR count). The van der Waals surface area contributed by atoms with E-state index in [0.29, 0.717) is 5.76 Å². The smallest absolute Gasteiger partial charge is 0.251 e. The molecular weight excluding hydrogens is 406 g/mol. The van der Waals surface area contributed by atoms with Crippen LogP contribution < -0.4 is 10.6 Å². The molecule has 3 aromatic rings. The van der Waals surface area contributed by atoms with Crippen LogP contribution in [0, 0.1) is 0 Å². The van der Waals surface area contributed by atoms with Crippen LogP contribution in [0.15, 0.2) is 63.9 Å². The second-order valence-electron chi connectivity index (χ2n) is 7.10. The summed E-state index contributed by atoms with van der Waals surface area (Å²) in [5.74, 6) is -0.164. The molecule has 1 aliphatic rings. The first-order valence-electron chi connectivity index (χ1n) is 9.51. The van der Waals surface area contributed by atoms with Crippen molar-refractivity contribution in [1.29, 1.82) is 0 Å². The maximum atomic E-state index is 12.8. The number of para-hydroxylation sites is 1. The van der Waals surface area contributed by atoms with Crippen molar-refractivity contribution in [1.82, 2.24) is 14.9 Å². The molecule has 0 bridgehead atoms. The second kappa shape index (κ2) is 7.92. The normalized spacial score (nSPS) is 16.2. The van der Waals surface area contributed by atoms with E-state index in [1.165, 1.54) is 18.2 Å². The molecule has 1 aliphatic heterocycles. The van der Waals surface area contributed by atoms with Gasteiger partial charge in [0, 0.05) is 24.0 Å². The zero-order chi connectivity index (χ0) is 21.3. The average molecular weight is 427 g/mol. The molecule has 2 heterocycles. The Labute approximate surface area is 173 Å². The van der Waals surface area contributed by atoms with E-state index in [2.05, 4.69) is 10.6 Å². The lowest BCUT2D eigenvalue weighted by Gasteiger charge is -2.26. The Hall–Kier alpha value is -3.17. The first-order valence-corrected chi connectivity index (χ1v) is 10.9. The number of rotatable bonds is 5. The van der Waals surface area contributed by atoms with Crippen molar-refractivity contribution >= 4 is 32.8 Å². The first kappa shape index (κ1) is 20.1. The summed E-state index contributed by atoms with van der Waals surface area (Å²) < 4.78 is 32.6. The maximum Gasteiger partial charge on any atom is 0.251 e. The lowest BCUT2D eigenvalue weighted by Crippen LogP contribution is -2.49. The van der Waals surface area contributed by atoms with Crippen LogP contribution in [-0.2, 0) is 14.8 Å². The zero-order valence-corrected chi connectivity index (χ0v) is 17.1.